The van der Waals surface area contributed by atoms with Crippen LogP contribution in [0.2, 0.25) is 0 Å². The Morgan fingerprint density at radius 2 is 2.04 bits per heavy atom. The minimum Gasteiger partial charge on any atom is -0.381 e. The van der Waals surface area contributed by atoms with Crippen molar-refractivity contribution in [1.82, 2.24) is 15.5 Å². The largest absolute Gasteiger partial charge is 0.381 e. The first-order valence-electron chi connectivity index (χ1n) is 9.86. The lowest BCUT2D eigenvalue weighted by Crippen LogP contribution is -2.40. The van der Waals surface area contributed by atoms with Crippen molar-refractivity contribution in [1.29, 1.82) is 0 Å². The van der Waals surface area contributed by atoms with Crippen LogP contribution in [-0.4, -0.2) is 89.8 Å². The number of hydrogen-bond acceptors (Lipinski definition) is 5. The van der Waals surface area contributed by atoms with Crippen molar-refractivity contribution >= 4 is 5.96 Å². The number of morpholine rings is 1. The second-order valence-electron chi connectivity index (χ2n) is 6.65. The normalized spacial score (nSPS) is 22.3. The SMILES string of the molecule is CCNC(=NCCCOCC1CCOC1)NCCCN1CCOCC1. The van der Waals surface area contributed by atoms with Crippen molar-refractivity contribution in [2.75, 3.05) is 78.9 Å². The van der Waals surface area contributed by atoms with Gasteiger partial charge in [-0.15, -0.1) is 0 Å². The average molecular weight is 357 g/mol. The van der Waals surface area contributed by atoms with Gasteiger partial charge in [0.25, 0.3) is 0 Å². The lowest BCUT2D eigenvalue weighted by atomic mass is 10.1. The standard InChI is InChI=1S/C18H36N4O3/c1-2-19-18(20-6-3-8-22-9-13-23-14-10-22)21-7-4-11-24-15-17-5-12-25-16-17/h17H,2-16H2,1H3,(H2,19,20,21). The van der Waals surface area contributed by atoms with E-state index in [0.717, 1.165) is 104 Å². The number of rotatable bonds is 11. The van der Waals surface area contributed by atoms with Crippen LogP contribution in [0, 0.1) is 5.92 Å². The van der Waals surface area contributed by atoms with Crippen LogP contribution in [0.25, 0.3) is 0 Å². The third-order valence-corrected chi connectivity index (χ3v) is 4.49. The van der Waals surface area contributed by atoms with Crippen LogP contribution in [-0.2, 0) is 14.2 Å². The van der Waals surface area contributed by atoms with Crippen molar-refractivity contribution in [3.05, 3.63) is 0 Å². The molecule has 1 atom stereocenters. The molecule has 2 N–H and O–H groups in total. The molecule has 0 aliphatic carbocycles. The Balaban J connectivity index is 1.49. The Morgan fingerprint density at radius 3 is 2.80 bits per heavy atom. The maximum absolute atomic E-state index is 5.72. The molecule has 7 nitrogen and oxygen atoms in total. The molecule has 2 saturated heterocycles. The molecule has 0 aromatic heterocycles. The summed E-state index contributed by atoms with van der Waals surface area (Å²) in [5.41, 5.74) is 0. The second kappa shape index (κ2) is 13.3. The Kier molecular flexibility index (Phi) is 10.9. The van der Waals surface area contributed by atoms with Crippen molar-refractivity contribution in [2.45, 2.75) is 26.2 Å². The van der Waals surface area contributed by atoms with Gasteiger partial charge in [0, 0.05) is 51.9 Å². The number of nitrogens with one attached hydrogen (secondary N) is 2. The summed E-state index contributed by atoms with van der Waals surface area (Å²) < 4.78 is 16.4. The summed E-state index contributed by atoms with van der Waals surface area (Å²) in [7, 11) is 0. The smallest absolute Gasteiger partial charge is 0.191 e. The summed E-state index contributed by atoms with van der Waals surface area (Å²) >= 11 is 0. The highest BCUT2D eigenvalue weighted by atomic mass is 16.5. The highest BCUT2D eigenvalue weighted by Crippen LogP contribution is 2.12. The van der Waals surface area contributed by atoms with Gasteiger partial charge in [-0.05, 0) is 32.7 Å². The molecule has 0 saturated carbocycles. The molecule has 2 fully saturated rings. The van der Waals surface area contributed by atoms with Gasteiger partial charge in [0.05, 0.1) is 26.4 Å². The third-order valence-electron chi connectivity index (χ3n) is 4.49. The van der Waals surface area contributed by atoms with Crippen LogP contribution < -0.4 is 10.6 Å². The monoisotopic (exact) mass is 356 g/mol. The summed E-state index contributed by atoms with van der Waals surface area (Å²) in [6, 6.07) is 0. The van der Waals surface area contributed by atoms with Crippen molar-refractivity contribution in [3.8, 4) is 0 Å². The fourth-order valence-corrected chi connectivity index (χ4v) is 3.00. The summed E-state index contributed by atoms with van der Waals surface area (Å²) in [4.78, 5) is 7.08. The molecule has 0 spiro atoms. The van der Waals surface area contributed by atoms with Crippen LogP contribution in [0.15, 0.2) is 4.99 Å². The minimum atomic E-state index is 0.592. The maximum atomic E-state index is 5.72. The fraction of sp³-hybridized carbons (Fsp3) is 0.944. The molecule has 0 radical (unpaired) electrons. The van der Waals surface area contributed by atoms with Gasteiger partial charge in [-0.2, -0.15) is 0 Å². The number of hydrogen-bond donors (Lipinski definition) is 2. The lowest BCUT2D eigenvalue weighted by Gasteiger charge is -2.26. The minimum absolute atomic E-state index is 0.592. The van der Waals surface area contributed by atoms with Gasteiger partial charge < -0.3 is 24.8 Å². The Hall–Kier alpha value is -0.890. The van der Waals surface area contributed by atoms with E-state index in [1.54, 1.807) is 0 Å². The molecule has 0 amide bonds. The van der Waals surface area contributed by atoms with Crippen LogP contribution in [0.5, 0.6) is 0 Å². The molecule has 0 bridgehead atoms. The van der Waals surface area contributed by atoms with E-state index < -0.39 is 0 Å². The zero-order valence-electron chi connectivity index (χ0n) is 15.8. The first-order valence-corrected chi connectivity index (χ1v) is 9.86. The molecule has 1 unspecified atom stereocenters. The zero-order valence-corrected chi connectivity index (χ0v) is 15.8. The van der Waals surface area contributed by atoms with E-state index >= 15 is 0 Å². The third kappa shape index (κ3) is 9.39. The number of ether oxygens (including phenoxy) is 3. The second-order valence-corrected chi connectivity index (χ2v) is 6.65. The van der Waals surface area contributed by atoms with Gasteiger partial charge >= 0.3 is 0 Å². The van der Waals surface area contributed by atoms with E-state index in [9.17, 15) is 0 Å². The Morgan fingerprint density at radius 1 is 1.16 bits per heavy atom. The molecule has 2 aliphatic heterocycles. The molecule has 146 valence electrons. The van der Waals surface area contributed by atoms with Crippen molar-refractivity contribution in [2.24, 2.45) is 10.9 Å². The van der Waals surface area contributed by atoms with Crippen molar-refractivity contribution < 1.29 is 14.2 Å². The summed E-state index contributed by atoms with van der Waals surface area (Å²) in [6.07, 6.45) is 3.21. The molecule has 0 aromatic carbocycles. The van der Waals surface area contributed by atoms with E-state index in [1.807, 2.05) is 0 Å². The summed E-state index contributed by atoms with van der Waals surface area (Å²) in [6.45, 7) is 13.0. The molecule has 2 rings (SSSR count). The Labute approximate surface area is 152 Å². The van der Waals surface area contributed by atoms with Gasteiger partial charge in [-0.25, -0.2) is 0 Å². The molecule has 7 heteroatoms. The summed E-state index contributed by atoms with van der Waals surface area (Å²) in [5.74, 6) is 1.50. The average Bonchev–Trinajstić information content (AvgIpc) is 3.16. The van der Waals surface area contributed by atoms with Gasteiger partial charge in [-0.3, -0.25) is 9.89 Å². The molecular weight excluding hydrogens is 320 g/mol. The van der Waals surface area contributed by atoms with Crippen LogP contribution in [0.3, 0.4) is 0 Å². The molecule has 0 aromatic rings. The molecule has 25 heavy (non-hydrogen) atoms. The van der Waals surface area contributed by atoms with Crippen LogP contribution >= 0.6 is 0 Å². The summed E-state index contributed by atoms with van der Waals surface area (Å²) in [5, 5.41) is 6.72. The van der Waals surface area contributed by atoms with E-state index in [-0.39, 0.29) is 0 Å². The highest BCUT2D eigenvalue weighted by Gasteiger charge is 2.15. The highest BCUT2D eigenvalue weighted by molar-refractivity contribution is 5.79. The van der Waals surface area contributed by atoms with Gasteiger partial charge in [0.2, 0.25) is 0 Å². The van der Waals surface area contributed by atoms with Gasteiger partial charge in [0.1, 0.15) is 0 Å². The first kappa shape index (κ1) is 20.4. The predicted octanol–water partition coefficient (Wildman–Crippen LogP) is 0.707. The molecule has 2 heterocycles. The molecule has 2 aliphatic rings. The fourth-order valence-electron chi connectivity index (χ4n) is 3.00. The number of aliphatic imine (C=N–C) groups is 1. The maximum Gasteiger partial charge on any atom is 0.191 e. The van der Waals surface area contributed by atoms with Gasteiger partial charge in [0.15, 0.2) is 5.96 Å². The first-order chi connectivity index (χ1) is 12.4. The van der Waals surface area contributed by atoms with E-state index in [0.29, 0.717) is 5.92 Å². The predicted molar refractivity (Wildman–Crippen MR) is 100 cm³/mol. The van der Waals surface area contributed by atoms with Gasteiger partial charge in [-0.1, -0.05) is 0 Å². The topological polar surface area (TPSA) is 67.4 Å². The number of nitrogens with zero attached hydrogens (tertiary/aromatic N) is 2. The van der Waals surface area contributed by atoms with Crippen molar-refractivity contribution in [3.63, 3.8) is 0 Å². The van der Waals surface area contributed by atoms with E-state index in [4.69, 9.17) is 14.2 Å². The van der Waals surface area contributed by atoms with Crippen LogP contribution in [0.1, 0.15) is 26.2 Å². The Bertz CT molecular complexity index is 356. The van der Waals surface area contributed by atoms with Crippen LogP contribution in [0.4, 0.5) is 0 Å². The zero-order chi connectivity index (χ0) is 17.6. The quantitative estimate of drug-likeness (QED) is 0.323. The van der Waals surface area contributed by atoms with E-state index in [2.05, 4.69) is 27.4 Å². The molecular formula is C18H36N4O3. The van der Waals surface area contributed by atoms with E-state index in [1.165, 1.54) is 0 Å². The number of guanidine groups is 1. The lowest BCUT2D eigenvalue weighted by molar-refractivity contribution is 0.0376.